The summed E-state index contributed by atoms with van der Waals surface area (Å²) in [6, 6.07) is 6.96. The number of imide groups is 1. The number of anilines is 1. The summed E-state index contributed by atoms with van der Waals surface area (Å²) in [4.78, 5) is 44.4. The number of hydrogen-bond donors (Lipinski definition) is 0. The van der Waals surface area contributed by atoms with Gasteiger partial charge in [-0.15, -0.1) is 0 Å². The minimum Gasteiger partial charge on any atom is -0.376 e. The summed E-state index contributed by atoms with van der Waals surface area (Å²) in [7, 11) is 0. The number of carbonyl (C=O) groups excluding carboxylic acids is 3. The van der Waals surface area contributed by atoms with E-state index in [1.807, 2.05) is 24.3 Å². The number of rotatable bonds is 6. The Kier molecular flexibility index (Phi) is 5.78. The van der Waals surface area contributed by atoms with Crippen LogP contribution in [-0.4, -0.2) is 47.9 Å². The Labute approximate surface area is 208 Å². The van der Waals surface area contributed by atoms with Crippen LogP contribution in [0.1, 0.15) is 83.1 Å². The third-order valence-corrected chi connectivity index (χ3v) is 9.49. The first-order valence-electron chi connectivity index (χ1n) is 13.7. The fourth-order valence-corrected chi connectivity index (χ4v) is 8.18. The van der Waals surface area contributed by atoms with E-state index in [-0.39, 0.29) is 35.7 Å². The molecule has 1 aromatic carbocycles. The van der Waals surface area contributed by atoms with Gasteiger partial charge in [0.2, 0.25) is 11.8 Å². The predicted octanol–water partition coefficient (Wildman–Crippen LogP) is 4.67. The van der Waals surface area contributed by atoms with Crippen molar-refractivity contribution in [3.05, 3.63) is 29.8 Å². The second-order valence-corrected chi connectivity index (χ2v) is 12.3. The first kappa shape index (κ1) is 23.2. The summed E-state index contributed by atoms with van der Waals surface area (Å²) in [5, 5.41) is 0. The Balaban J connectivity index is 1.29. The third-order valence-electron chi connectivity index (χ3n) is 9.49. The van der Waals surface area contributed by atoms with E-state index in [4.69, 9.17) is 4.74 Å². The molecule has 4 saturated carbocycles. The number of nitrogens with zero attached hydrogens (tertiary/aromatic N) is 2. The highest BCUT2D eigenvalue weighted by Gasteiger charge is 2.57. The molecule has 3 amide bonds. The minimum atomic E-state index is -0.725. The van der Waals surface area contributed by atoms with E-state index in [1.165, 1.54) is 29.7 Å². The molecule has 7 rings (SSSR count). The van der Waals surface area contributed by atoms with E-state index < -0.39 is 6.04 Å². The molecule has 6 aliphatic rings. The topological polar surface area (TPSA) is 66.9 Å². The molecule has 0 N–H and O–H groups in total. The van der Waals surface area contributed by atoms with Gasteiger partial charge in [0.05, 0.1) is 23.6 Å². The van der Waals surface area contributed by atoms with Crippen molar-refractivity contribution in [1.29, 1.82) is 0 Å². The Morgan fingerprint density at radius 2 is 1.69 bits per heavy atom. The fraction of sp³-hybridized carbons (Fsp3) is 0.690. The van der Waals surface area contributed by atoms with Crippen LogP contribution in [0.15, 0.2) is 24.3 Å². The largest absolute Gasteiger partial charge is 0.376 e. The van der Waals surface area contributed by atoms with Crippen molar-refractivity contribution in [1.82, 2.24) is 4.90 Å². The third kappa shape index (κ3) is 4.02. The minimum absolute atomic E-state index is 0.0462. The van der Waals surface area contributed by atoms with Crippen molar-refractivity contribution in [2.75, 3.05) is 18.1 Å². The summed E-state index contributed by atoms with van der Waals surface area (Å²) in [6.45, 7) is 5.37. The maximum atomic E-state index is 14.4. The van der Waals surface area contributed by atoms with Gasteiger partial charge in [-0.05, 0) is 92.7 Å². The van der Waals surface area contributed by atoms with Gasteiger partial charge in [0, 0.05) is 13.2 Å². The van der Waals surface area contributed by atoms with Gasteiger partial charge < -0.3 is 9.64 Å². The summed E-state index contributed by atoms with van der Waals surface area (Å²) in [5.74, 6) is 1.96. The molecule has 2 aliphatic heterocycles. The molecule has 4 aliphatic carbocycles. The fourth-order valence-electron chi connectivity index (χ4n) is 8.18. The average Bonchev–Trinajstić information content (AvgIpc) is 3.43. The maximum Gasteiger partial charge on any atom is 0.257 e. The first-order valence-corrected chi connectivity index (χ1v) is 13.7. The lowest BCUT2D eigenvalue weighted by molar-refractivity contribution is -0.163. The molecule has 188 valence electrons. The quantitative estimate of drug-likeness (QED) is 0.558. The van der Waals surface area contributed by atoms with Crippen LogP contribution in [0.5, 0.6) is 0 Å². The highest BCUT2D eigenvalue weighted by molar-refractivity contribution is 6.23. The Morgan fingerprint density at radius 3 is 2.23 bits per heavy atom. The number of amides is 3. The van der Waals surface area contributed by atoms with E-state index in [0.717, 1.165) is 32.1 Å². The van der Waals surface area contributed by atoms with Gasteiger partial charge in [-0.1, -0.05) is 26.0 Å². The zero-order valence-electron chi connectivity index (χ0n) is 21.1. The van der Waals surface area contributed by atoms with Crippen LogP contribution in [0, 0.1) is 23.2 Å². The smallest absolute Gasteiger partial charge is 0.257 e. The van der Waals surface area contributed by atoms with Gasteiger partial charge in [-0.25, -0.2) is 4.90 Å². The molecular weight excluding hydrogens is 440 g/mol. The lowest BCUT2D eigenvalue weighted by Gasteiger charge is -2.57. The van der Waals surface area contributed by atoms with E-state index in [0.29, 0.717) is 42.5 Å². The van der Waals surface area contributed by atoms with Crippen molar-refractivity contribution >= 4 is 23.4 Å². The summed E-state index contributed by atoms with van der Waals surface area (Å²) in [5.41, 5.74) is 1.43. The Bertz CT molecular complexity index is 975. The molecule has 1 aromatic rings. The van der Waals surface area contributed by atoms with Crippen LogP contribution in [0.25, 0.3) is 0 Å². The molecule has 0 spiro atoms. The van der Waals surface area contributed by atoms with Crippen LogP contribution < -0.4 is 4.90 Å². The Hall–Kier alpha value is -2.21. The van der Waals surface area contributed by atoms with Crippen LogP contribution in [0.4, 0.5) is 5.69 Å². The average molecular weight is 479 g/mol. The monoisotopic (exact) mass is 478 g/mol. The molecule has 0 aromatic heterocycles. The van der Waals surface area contributed by atoms with E-state index in [9.17, 15) is 14.4 Å². The second kappa shape index (κ2) is 8.72. The molecule has 2 saturated heterocycles. The van der Waals surface area contributed by atoms with Crippen LogP contribution in [0.3, 0.4) is 0 Å². The van der Waals surface area contributed by atoms with Gasteiger partial charge in [0.25, 0.3) is 5.91 Å². The summed E-state index contributed by atoms with van der Waals surface area (Å²) < 4.78 is 5.92. The number of hydrogen-bond acceptors (Lipinski definition) is 4. The molecule has 6 fully saturated rings. The van der Waals surface area contributed by atoms with Crippen molar-refractivity contribution in [3.63, 3.8) is 0 Å². The van der Waals surface area contributed by atoms with E-state index in [2.05, 4.69) is 13.8 Å². The molecule has 0 radical (unpaired) electrons. The van der Waals surface area contributed by atoms with Gasteiger partial charge in [-0.2, -0.15) is 0 Å². The molecule has 6 heteroatoms. The normalized spacial score (nSPS) is 36.0. The summed E-state index contributed by atoms with van der Waals surface area (Å²) >= 11 is 0. The van der Waals surface area contributed by atoms with Gasteiger partial charge in [0.1, 0.15) is 6.04 Å². The van der Waals surface area contributed by atoms with Crippen molar-refractivity contribution in [3.8, 4) is 0 Å². The van der Waals surface area contributed by atoms with Gasteiger partial charge in [-0.3, -0.25) is 14.4 Å². The first-order chi connectivity index (χ1) is 16.8. The summed E-state index contributed by atoms with van der Waals surface area (Å²) in [6.07, 6.45) is 8.55. The number of ether oxygens (including phenoxy) is 1. The number of benzene rings is 1. The maximum absolute atomic E-state index is 14.4. The lowest BCUT2D eigenvalue weighted by Crippen LogP contribution is -2.58. The molecular formula is C29H38N2O4. The van der Waals surface area contributed by atoms with Crippen LogP contribution in [0.2, 0.25) is 0 Å². The zero-order valence-corrected chi connectivity index (χ0v) is 21.1. The molecule has 4 bridgehead atoms. The van der Waals surface area contributed by atoms with Gasteiger partial charge in [0.15, 0.2) is 0 Å². The molecule has 35 heavy (non-hydrogen) atoms. The van der Waals surface area contributed by atoms with Crippen molar-refractivity contribution in [2.24, 2.45) is 23.2 Å². The zero-order chi connectivity index (χ0) is 24.3. The highest BCUT2D eigenvalue weighted by Crippen LogP contribution is 2.60. The van der Waals surface area contributed by atoms with Crippen molar-refractivity contribution in [2.45, 2.75) is 89.7 Å². The predicted molar refractivity (Wildman–Crippen MR) is 133 cm³/mol. The van der Waals surface area contributed by atoms with Crippen molar-refractivity contribution < 1.29 is 19.1 Å². The molecule has 2 atom stereocenters. The van der Waals surface area contributed by atoms with Crippen LogP contribution >= 0.6 is 0 Å². The van der Waals surface area contributed by atoms with E-state index in [1.54, 1.807) is 4.90 Å². The second-order valence-electron chi connectivity index (χ2n) is 12.3. The SMILES string of the molecule is CC(C)c1ccc(N2C(=O)CC(N(CC3CCCO3)C(=O)C34CC5CC(CC(C5)C3)C4)C2=O)cc1. The lowest BCUT2D eigenvalue weighted by atomic mass is 9.49. The van der Waals surface area contributed by atoms with Crippen LogP contribution in [-0.2, 0) is 19.1 Å². The standard InChI is InChI=1S/C29H38N2O4/c1-18(2)22-5-7-23(8-6-22)31-26(32)13-25(27(31)33)30(17-24-4-3-9-35-24)28(34)29-14-19-10-20(15-29)12-21(11-19)16-29/h5-8,18-21,24-25H,3-4,9-17H2,1-2H3. The molecule has 6 nitrogen and oxygen atoms in total. The van der Waals surface area contributed by atoms with Gasteiger partial charge >= 0.3 is 0 Å². The molecule has 2 heterocycles. The van der Waals surface area contributed by atoms with E-state index >= 15 is 0 Å². The molecule has 2 unspecified atom stereocenters. The highest BCUT2D eigenvalue weighted by atomic mass is 16.5. The Morgan fingerprint density at radius 1 is 1.06 bits per heavy atom. The number of carbonyl (C=O) groups is 3.